The van der Waals surface area contributed by atoms with Crippen molar-refractivity contribution >= 4 is 0 Å². The van der Waals surface area contributed by atoms with Gasteiger partial charge in [-0.3, -0.25) is 0 Å². The Morgan fingerprint density at radius 3 is 1.35 bits per heavy atom. The number of hydrogen-bond acceptors (Lipinski definition) is 4. The molecule has 90 valence electrons. The average molecular weight is 254 g/mol. The van der Waals surface area contributed by atoms with Gasteiger partial charge >= 0.3 is 0 Å². The Labute approximate surface area is 115 Å². The molecule has 0 aromatic heterocycles. The summed E-state index contributed by atoms with van der Waals surface area (Å²) < 4.78 is 0. The van der Waals surface area contributed by atoms with E-state index in [0.717, 1.165) is 11.1 Å². The zero-order valence-corrected chi connectivity index (χ0v) is 10.3. The molecule has 0 aliphatic heterocycles. The van der Waals surface area contributed by atoms with Crippen LogP contribution in [0, 0.1) is 45.3 Å². The molecule has 0 spiro atoms. The van der Waals surface area contributed by atoms with E-state index in [-0.39, 0.29) is 11.8 Å². The molecule has 0 amide bonds. The summed E-state index contributed by atoms with van der Waals surface area (Å²) in [6.07, 6.45) is 3.55. The highest BCUT2D eigenvalue weighted by atomic mass is 14.4. The van der Waals surface area contributed by atoms with E-state index in [1.165, 1.54) is 0 Å². The molecule has 0 saturated heterocycles. The van der Waals surface area contributed by atoms with Crippen molar-refractivity contribution in [3.8, 4) is 24.3 Å². The molecule has 0 fully saturated rings. The Balaban J connectivity index is 2.17. The van der Waals surface area contributed by atoms with Crippen LogP contribution >= 0.6 is 0 Å². The predicted molar refractivity (Wildman–Crippen MR) is 68.7 cm³/mol. The van der Waals surface area contributed by atoms with Gasteiger partial charge in [-0.25, -0.2) is 0 Å². The third kappa shape index (κ3) is 1.37. The summed E-state index contributed by atoms with van der Waals surface area (Å²) in [4.78, 5) is 0. The first-order valence-corrected chi connectivity index (χ1v) is 5.95. The molecule has 0 saturated carbocycles. The summed E-state index contributed by atoms with van der Waals surface area (Å²) in [6, 6.07) is 11.5. The van der Waals surface area contributed by atoms with Crippen molar-refractivity contribution in [2.45, 2.75) is 11.8 Å². The zero-order valence-electron chi connectivity index (χ0n) is 10.3. The molecule has 0 unspecified atom stereocenters. The van der Waals surface area contributed by atoms with E-state index in [9.17, 15) is 0 Å². The third-order valence-electron chi connectivity index (χ3n) is 3.79. The Hall–Kier alpha value is -3.34. The summed E-state index contributed by atoms with van der Waals surface area (Å²) >= 11 is 0. The van der Waals surface area contributed by atoms with Gasteiger partial charge in [-0.2, -0.15) is 21.0 Å². The van der Waals surface area contributed by atoms with E-state index in [4.69, 9.17) is 21.0 Å². The number of nitriles is 4. The first kappa shape index (κ1) is 11.7. The molecule has 0 radical (unpaired) electrons. The Bertz CT molecular complexity index is 787. The van der Waals surface area contributed by atoms with Crippen molar-refractivity contribution in [2.75, 3.05) is 0 Å². The van der Waals surface area contributed by atoms with Gasteiger partial charge in [-0.05, 0) is 23.3 Å². The second kappa shape index (κ2) is 4.10. The molecule has 0 heterocycles. The van der Waals surface area contributed by atoms with Crippen LogP contribution in [0.25, 0.3) is 0 Å². The summed E-state index contributed by atoms with van der Waals surface area (Å²) in [5.74, 6) is 0.0492. The molecule has 4 nitrogen and oxygen atoms in total. The lowest BCUT2D eigenvalue weighted by Gasteiger charge is -2.39. The maximum absolute atomic E-state index is 9.05. The minimum atomic E-state index is 0.0246. The molecule has 2 aliphatic rings. The SMILES string of the molecule is N#CC1=C[C@@H]2c3cc(C#N)c(C#N)cc3[C@@H]2C=C1C#N. The van der Waals surface area contributed by atoms with Gasteiger partial charge in [0.05, 0.1) is 22.3 Å². The fourth-order valence-electron chi connectivity index (χ4n) is 2.81. The van der Waals surface area contributed by atoms with Crippen LogP contribution in [-0.2, 0) is 0 Å². The van der Waals surface area contributed by atoms with Gasteiger partial charge in [-0.1, -0.05) is 12.2 Å². The van der Waals surface area contributed by atoms with E-state index in [1.54, 1.807) is 24.3 Å². The van der Waals surface area contributed by atoms with Gasteiger partial charge in [0.1, 0.15) is 24.3 Å². The number of nitrogens with zero attached hydrogens (tertiary/aromatic N) is 4. The minimum absolute atomic E-state index is 0.0246. The first-order valence-electron chi connectivity index (χ1n) is 5.95. The van der Waals surface area contributed by atoms with Gasteiger partial charge in [0.25, 0.3) is 0 Å². The van der Waals surface area contributed by atoms with Gasteiger partial charge in [0, 0.05) is 11.8 Å². The fourth-order valence-corrected chi connectivity index (χ4v) is 2.81. The van der Waals surface area contributed by atoms with Crippen LogP contribution in [0.5, 0.6) is 0 Å². The van der Waals surface area contributed by atoms with Crippen molar-refractivity contribution < 1.29 is 0 Å². The summed E-state index contributed by atoms with van der Waals surface area (Å²) in [5, 5.41) is 36.2. The predicted octanol–water partition coefficient (Wildman–Crippen LogP) is 2.52. The lowest BCUT2D eigenvalue weighted by atomic mass is 9.63. The molecule has 1 aromatic rings. The highest BCUT2D eigenvalue weighted by Crippen LogP contribution is 2.52. The topological polar surface area (TPSA) is 95.2 Å². The lowest BCUT2D eigenvalue weighted by molar-refractivity contribution is 0.630. The van der Waals surface area contributed by atoms with Crippen LogP contribution in [0.1, 0.15) is 34.1 Å². The Morgan fingerprint density at radius 2 is 1.05 bits per heavy atom. The van der Waals surface area contributed by atoms with Crippen LogP contribution in [0.3, 0.4) is 0 Å². The summed E-state index contributed by atoms with van der Waals surface area (Å²) in [5.41, 5.74) is 3.39. The van der Waals surface area contributed by atoms with Crippen molar-refractivity contribution in [3.63, 3.8) is 0 Å². The molecule has 3 rings (SSSR count). The zero-order chi connectivity index (χ0) is 14.3. The molecule has 2 atom stereocenters. The molecule has 4 heteroatoms. The van der Waals surface area contributed by atoms with Gasteiger partial charge in [0.15, 0.2) is 0 Å². The molecule has 1 aromatic carbocycles. The smallest absolute Gasteiger partial charge is 0.101 e. The van der Waals surface area contributed by atoms with Crippen LogP contribution in [0.4, 0.5) is 0 Å². The lowest BCUT2D eigenvalue weighted by Crippen LogP contribution is -2.25. The fraction of sp³-hybridized carbons (Fsp3) is 0.125. The van der Waals surface area contributed by atoms with Crippen molar-refractivity contribution in [1.29, 1.82) is 21.0 Å². The van der Waals surface area contributed by atoms with Crippen LogP contribution < -0.4 is 0 Å². The van der Waals surface area contributed by atoms with E-state index in [0.29, 0.717) is 22.3 Å². The Morgan fingerprint density at radius 1 is 0.650 bits per heavy atom. The standard InChI is InChI=1S/C16H6N4/c17-5-9-1-13-14(2-10(9)6-18)16-4-12(8-20)11(7-19)3-15(13)16/h1-4,13-14H/t13-,14+. The molecular formula is C16H6N4. The van der Waals surface area contributed by atoms with Crippen molar-refractivity contribution in [3.05, 3.63) is 57.7 Å². The molecular weight excluding hydrogens is 248 g/mol. The Kier molecular flexibility index (Phi) is 2.40. The second-order valence-corrected chi connectivity index (χ2v) is 4.69. The number of rotatable bonds is 0. The number of benzene rings is 1. The molecule has 20 heavy (non-hydrogen) atoms. The summed E-state index contributed by atoms with van der Waals surface area (Å²) in [7, 11) is 0. The molecule has 2 aliphatic carbocycles. The minimum Gasteiger partial charge on any atom is -0.192 e. The molecule has 0 N–H and O–H groups in total. The maximum Gasteiger partial charge on any atom is 0.101 e. The first-order chi connectivity index (χ1) is 9.73. The largest absolute Gasteiger partial charge is 0.192 e. The number of fused-ring (bicyclic) bond motifs is 4. The monoisotopic (exact) mass is 254 g/mol. The highest BCUT2D eigenvalue weighted by molar-refractivity contribution is 5.65. The van der Waals surface area contributed by atoms with E-state index >= 15 is 0 Å². The number of hydrogen-bond donors (Lipinski definition) is 0. The molecule has 0 bridgehead atoms. The van der Waals surface area contributed by atoms with Crippen molar-refractivity contribution in [1.82, 2.24) is 0 Å². The van der Waals surface area contributed by atoms with Gasteiger partial charge in [-0.15, -0.1) is 0 Å². The average Bonchev–Trinajstić information content (AvgIpc) is 2.50. The second-order valence-electron chi connectivity index (χ2n) is 4.69. The highest BCUT2D eigenvalue weighted by Gasteiger charge is 2.39. The van der Waals surface area contributed by atoms with E-state index in [2.05, 4.69) is 0 Å². The normalized spacial score (nSPS) is 21.4. The van der Waals surface area contributed by atoms with Crippen LogP contribution in [0.15, 0.2) is 35.4 Å². The van der Waals surface area contributed by atoms with E-state index < -0.39 is 0 Å². The maximum atomic E-state index is 9.05. The van der Waals surface area contributed by atoms with Gasteiger partial charge in [0.2, 0.25) is 0 Å². The van der Waals surface area contributed by atoms with E-state index in [1.807, 2.05) is 24.3 Å². The van der Waals surface area contributed by atoms with Crippen molar-refractivity contribution in [2.24, 2.45) is 0 Å². The summed E-state index contributed by atoms with van der Waals surface area (Å²) in [6.45, 7) is 0. The quantitative estimate of drug-likeness (QED) is 0.710. The third-order valence-corrected chi connectivity index (χ3v) is 3.79. The van der Waals surface area contributed by atoms with Crippen LogP contribution in [-0.4, -0.2) is 0 Å². The number of allylic oxidation sites excluding steroid dienone is 4. The van der Waals surface area contributed by atoms with Crippen LogP contribution in [0.2, 0.25) is 0 Å². The van der Waals surface area contributed by atoms with Gasteiger partial charge < -0.3 is 0 Å².